The molecule has 4 nitrogen and oxygen atoms in total. The van der Waals surface area contributed by atoms with Gasteiger partial charge in [0.05, 0.1) is 18.8 Å². The Morgan fingerprint density at radius 1 is 1.35 bits per heavy atom. The summed E-state index contributed by atoms with van der Waals surface area (Å²) < 4.78 is 1.61. The monoisotopic (exact) mass is 247 g/mol. The molecule has 86 valence electrons. The van der Waals surface area contributed by atoms with E-state index < -0.39 is 0 Å². The van der Waals surface area contributed by atoms with Gasteiger partial charge >= 0.3 is 0 Å². The standard InChI is InChI=1S/C12H10ClN3O/c13-10-3-1-9(2-4-10)12-7-11(8-14)15-16(12)5-6-17/h1-4,7,17H,5-6H2. The zero-order chi connectivity index (χ0) is 12.3. The van der Waals surface area contributed by atoms with Gasteiger partial charge in [0.25, 0.3) is 0 Å². The smallest absolute Gasteiger partial charge is 0.163 e. The Hall–Kier alpha value is -1.83. The minimum absolute atomic E-state index is 0.0207. The number of aliphatic hydroxyl groups is 1. The molecule has 0 aliphatic rings. The van der Waals surface area contributed by atoms with Crippen molar-refractivity contribution in [2.45, 2.75) is 6.54 Å². The zero-order valence-electron chi connectivity index (χ0n) is 8.97. The van der Waals surface area contributed by atoms with Gasteiger partial charge in [-0.15, -0.1) is 0 Å². The van der Waals surface area contributed by atoms with E-state index in [4.69, 9.17) is 22.0 Å². The molecule has 0 amide bonds. The minimum Gasteiger partial charge on any atom is -0.394 e. The lowest BCUT2D eigenvalue weighted by molar-refractivity contribution is 0.270. The molecule has 1 heterocycles. The number of nitriles is 1. The number of rotatable bonds is 3. The second-order valence-electron chi connectivity index (χ2n) is 3.48. The molecule has 2 rings (SSSR count). The second-order valence-corrected chi connectivity index (χ2v) is 3.92. The van der Waals surface area contributed by atoms with Crippen molar-refractivity contribution in [1.29, 1.82) is 5.26 Å². The first-order chi connectivity index (χ1) is 8.24. The maximum Gasteiger partial charge on any atom is 0.163 e. The van der Waals surface area contributed by atoms with Crippen LogP contribution in [0.1, 0.15) is 5.69 Å². The van der Waals surface area contributed by atoms with Crippen LogP contribution in [-0.4, -0.2) is 21.5 Å². The summed E-state index contributed by atoms with van der Waals surface area (Å²) in [6.45, 7) is 0.340. The summed E-state index contributed by atoms with van der Waals surface area (Å²) in [5, 5.41) is 22.5. The van der Waals surface area contributed by atoms with Crippen LogP contribution in [0.5, 0.6) is 0 Å². The Bertz CT molecular complexity index is 554. The topological polar surface area (TPSA) is 61.8 Å². The third-order valence-electron chi connectivity index (χ3n) is 2.35. The van der Waals surface area contributed by atoms with Gasteiger partial charge in [0.2, 0.25) is 0 Å². The molecule has 1 aromatic carbocycles. The fourth-order valence-corrected chi connectivity index (χ4v) is 1.72. The van der Waals surface area contributed by atoms with Crippen LogP contribution in [0.2, 0.25) is 5.02 Å². The molecule has 1 N–H and O–H groups in total. The number of halogens is 1. The average molecular weight is 248 g/mol. The number of aromatic nitrogens is 2. The van der Waals surface area contributed by atoms with Gasteiger partial charge in [0.1, 0.15) is 6.07 Å². The Morgan fingerprint density at radius 3 is 2.65 bits per heavy atom. The van der Waals surface area contributed by atoms with Gasteiger partial charge in [-0.3, -0.25) is 4.68 Å². The van der Waals surface area contributed by atoms with E-state index in [0.717, 1.165) is 11.3 Å². The second kappa shape index (κ2) is 5.00. The van der Waals surface area contributed by atoms with E-state index in [0.29, 0.717) is 17.3 Å². The van der Waals surface area contributed by atoms with E-state index in [1.165, 1.54) is 0 Å². The predicted octanol–water partition coefficient (Wildman–Crippen LogP) is 2.07. The van der Waals surface area contributed by atoms with Crippen molar-refractivity contribution in [3.05, 3.63) is 41.0 Å². The fraction of sp³-hybridized carbons (Fsp3) is 0.167. The van der Waals surface area contributed by atoms with Gasteiger partial charge in [-0.25, -0.2) is 0 Å². The average Bonchev–Trinajstić information content (AvgIpc) is 2.74. The van der Waals surface area contributed by atoms with Crippen molar-refractivity contribution in [1.82, 2.24) is 9.78 Å². The van der Waals surface area contributed by atoms with Gasteiger partial charge in [0.15, 0.2) is 5.69 Å². The maximum absolute atomic E-state index is 8.95. The molecule has 0 unspecified atom stereocenters. The van der Waals surface area contributed by atoms with Crippen LogP contribution in [0.25, 0.3) is 11.3 Å². The number of nitrogens with zero attached hydrogens (tertiary/aromatic N) is 3. The molecule has 0 radical (unpaired) electrons. The lowest BCUT2D eigenvalue weighted by atomic mass is 10.1. The van der Waals surface area contributed by atoms with Crippen LogP contribution in [0.4, 0.5) is 0 Å². The Kier molecular flexibility index (Phi) is 3.43. The molecule has 0 saturated heterocycles. The summed E-state index contributed by atoms with van der Waals surface area (Å²) in [5.74, 6) is 0. The van der Waals surface area contributed by atoms with Gasteiger partial charge < -0.3 is 5.11 Å². The van der Waals surface area contributed by atoms with Gasteiger partial charge in [0, 0.05) is 11.1 Å². The first-order valence-corrected chi connectivity index (χ1v) is 5.47. The van der Waals surface area contributed by atoms with Crippen molar-refractivity contribution in [3.63, 3.8) is 0 Å². The Morgan fingerprint density at radius 2 is 2.06 bits per heavy atom. The Labute approximate surface area is 104 Å². The van der Waals surface area contributed by atoms with Crippen LogP contribution in [0, 0.1) is 11.3 Å². The van der Waals surface area contributed by atoms with E-state index >= 15 is 0 Å². The minimum atomic E-state index is -0.0207. The summed E-state index contributed by atoms with van der Waals surface area (Å²) in [4.78, 5) is 0. The molecule has 2 aromatic rings. The summed E-state index contributed by atoms with van der Waals surface area (Å²) in [7, 11) is 0. The molecule has 0 aliphatic carbocycles. The van der Waals surface area contributed by atoms with Crippen LogP contribution in [-0.2, 0) is 6.54 Å². The summed E-state index contributed by atoms with van der Waals surface area (Å²) >= 11 is 5.82. The molecule has 0 spiro atoms. The quantitative estimate of drug-likeness (QED) is 0.903. The first-order valence-electron chi connectivity index (χ1n) is 5.09. The SMILES string of the molecule is N#Cc1cc(-c2ccc(Cl)cc2)n(CCO)n1. The highest BCUT2D eigenvalue weighted by Crippen LogP contribution is 2.22. The molecule has 5 heteroatoms. The highest BCUT2D eigenvalue weighted by molar-refractivity contribution is 6.30. The number of benzene rings is 1. The first kappa shape index (κ1) is 11.6. The molecule has 17 heavy (non-hydrogen) atoms. The molecule has 0 atom stereocenters. The highest BCUT2D eigenvalue weighted by Gasteiger charge is 2.09. The fourth-order valence-electron chi connectivity index (χ4n) is 1.59. The van der Waals surface area contributed by atoms with E-state index in [9.17, 15) is 0 Å². The lowest BCUT2D eigenvalue weighted by Gasteiger charge is -2.05. The number of hydrogen-bond acceptors (Lipinski definition) is 3. The molecule has 0 aliphatic heterocycles. The summed E-state index contributed by atoms with van der Waals surface area (Å²) in [6, 6.07) is 10.9. The molecular formula is C12H10ClN3O. The van der Waals surface area contributed by atoms with Crippen LogP contribution >= 0.6 is 11.6 Å². The number of aliphatic hydroxyl groups excluding tert-OH is 1. The van der Waals surface area contributed by atoms with E-state index in [1.807, 2.05) is 18.2 Å². The molecular weight excluding hydrogens is 238 g/mol. The van der Waals surface area contributed by atoms with Gasteiger partial charge in [-0.2, -0.15) is 10.4 Å². The zero-order valence-corrected chi connectivity index (χ0v) is 9.72. The number of hydrogen-bond donors (Lipinski definition) is 1. The van der Waals surface area contributed by atoms with Crippen molar-refractivity contribution < 1.29 is 5.11 Å². The third-order valence-corrected chi connectivity index (χ3v) is 2.60. The molecule has 1 aromatic heterocycles. The van der Waals surface area contributed by atoms with Crippen molar-refractivity contribution >= 4 is 11.6 Å². The van der Waals surface area contributed by atoms with Gasteiger partial charge in [-0.05, 0) is 17.7 Å². The van der Waals surface area contributed by atoms with Crippen molar-refractivity contribution in [3.8, 4) is 17.3 Å². The van der Waals surface area contributed by atoms with Crippen molar-refractivity contribution in [2.24, 2.45) is 0 Å². The third kappa shape index (κ3) is 2.47. The van der Waals surface area contributed by atoms with Gasteiger partial charge in [-0.1, -0.05) is 23.7 Å². The van der Waals surface area contributed by atoms with Crippen LogP contribution in [0.15, 0.2) is 30.3 Å². The molecule has 0 bridgehead atoms. The lowest BCUT2D eigenvalue weighted by Crippen LogP contribution is -2.05. The normalized spacial score (nSPS) is 10.2. The van der Waals surface area contributed by atoms with Crippen LogP contribution < -0.4 is 0 Å². The maximum atomic E-state index is 8.95. The van der Waals surface area contributed by atoms with Crippen molar-refractivity contribution in [2.75, 3.05) is 6.61 Å². The molecule has 0 fully saturated rings. The largest absolute Gasteiger partial charge is 0.394 e. The van der Waals surface area contributed by atoms with E-state index in [-0.39, 0.29) is 6.61 Å². The highest BCUT2D eigenvalue weighted by atomic mass is 35.5. The summed E-state index contributed by atoms with van der Waals surface area (Å²) in [6.07, 6.45) is 0. The van der Waals surface area contributed by atoms with E-state index in [2.05, 4.69) is 5.10 Å². The predicted molar refractivity (Wildman–Crippen MR) is 64.5 cm³/mol. The molecule has 0 saturated carbocycles. The van der Waals surface area contributed by atoms with E-state index in [1.54, 1.807) is 22.9 Å². The Balaban J connectivity index is 2.46. The summed E-state index contributed by atoms with van der Waals surface area (Å²) in [5.41, 5.74) is 2.05. The van der Waals surface area contributed by atoms with Crippen LogP contribution in [0.3, 0.4) is 0 Å².